The molecular formula is C20H34N2O2S2. The van der Waals surface area contributed by atoms with Gasteiger partial charge >= 0.3 is 0 Å². The van der Waals surface area contributed by atoms with E-state index in [1.165, 1.54) is 0 Å². The van der Waals surface area contributed by atoms with Crippen molar-refractivity contribution in [3.63, 3.8) is 0 Å². The Balaban J connectivity index is 1.42. The lowest BCUT2D eigenvalue weighted by Gasteiger charge is -2.34. The minimum atomic E-state index is 0.157. The Morgan fingerprint density at radius 1 is 0.615 bits per heavy atom. The van der Waals surface area contributed by atoms with Gasteiger partial charge in [0.15, 0.2) is 0 Å². The van der Waals surface area contributed by atoms with Crippen LogP contribution in [-0.4, -0.2) is 34.4 Å². The fourth-order valence-corrected chi connectivity index (χ4v) is 5.36. The van der Waals surface area contributed by atoms with Gasteiger partial charge in [-0.1, -0.05) is 0 Å². The molecule has 0 heterocycles. The molecule has 0 spiro atoms. The summed E-state index contributed by atoms with van der Waals surface area (Å²) in [5.41, 5.74) is 0. The van der Waals surface area contributed by atoms with Gasteiger partial charge in [-0.25, -0.2) is 0 Å². The van der Waals surface area contributed by atoms with Gasteiger partial charge in [-0.15, -0.1) is 0 Å². The molecule has 26 heavy (non-hydrogen) atoms. The van der Waals surface area contributed by atoms with Crippen LogP contribution in [0.5, 0.6) is 0 Å². The van der Waals surface area contributed by atoms with Crippen molar-refractivity contribution in [3.8, 4) is 0 Å². The fourth-order valence-electron chi connectivity index (χ4n) is 4.77. The van der Waals surface area contributed by atoms with Crippen LogP contribution in [0.2, 0.25) is 0 Å². The largest absolute Gasteiger partial charge is 0.353 e. The molecule has 0 aromatic rings. The third kappa shape index (κ3) is 5.82. The van der Waals surface area contributed by atoms with E-state index in [2.05, 4.69) is 35.9 Å². The second-order valence-corrected chi connectivity index (χ2v) is 10.0. The number of rotatable bonds is 4. The summed E-state index contributed by atoms with van der Waals surface area (Å²) in [5.74, 6) is 0.748. The maximum Gasteiger partial charge on any atom is 0.223 e. The second kappa shape index (κ2) is 9.72. The van der Waals surface area contributed by atoms with Gasteiger partial charge in [0, 0.05) is 34.4 Å². The van der Waals surface area contributed by atoms with E-state index in [9.17, 15) is 9.59 Å². The van der Waals surface area contributed by atoms with Crippen molar-refractivity contribution in [1.82, 2.24) is 10.6 Å². The van der Waals surface area contributed by atoms with Crippen LogP contribution < -0.4 is 10.6 Å². The molecule has 2 amide bonds. The quantitative estimate of drug-likeness (QED) is 0.548. The van der Waals surface area contributed by atoms with Crippen molar-refractivity contribution in [2.24, 2.45) is 11.8 Å². The summed E-state index contributed by atoms with van der Waals surface area (Å²) in [6.07, 6.45) is 12.0. The molecule has 0 bridgehead atoms. The molecule has 0 saturated heterocycles. The predicted molar refractivity (Wildman–Crippen MR) is 112 cm³/mol. The maximum absolute atomic E-state index is 12.5. The molecule has 0 radical (unpaired) electrons. The van der Waals surface area contributed by atoms with Crippen LogP contribution in [0.25, 0.3) is 0 Å². The minimum absolute atomic E-state index is 0.157. The Hall–Kier alpha value is -0.360. The van der Waals surface area contributed by atoms with Crippen LogP contribution in [0.3, 0.4) is 0 Å². The topological polar surface area (TPSA) is 58.2 Å². The van der Waals surface area contributed by atoms with Gasteiger partial charge in [0.25, 0.3) is 0 Å². The highest BCUT2D eigenvalue weighted by atomic mass is 32.1. The molecule has 148 valence electrons. The molecule has 2 N–H and O–H groups in total. The van der Waals surface area contributed by atoms with Crippen molar-refractivity contribution in [2.75, 3.05) is 0 Å². The third-order valence-electron chi connectivity index (χ3n) is 6.50. The number of hydrogen-bond acceptors (Lipinski definition) is 4. The monoisotopic (exact) mass is 398 g/mol. The molecule has 2 atom stereocenters. The lowest BCUT2D eigenvalue weighted by molar-refractivity contribution is -0.127. The van der Waals surface area contributed by atoms with Crippen LogP contribution in [0.1, 0.15) is 77.0 Å². The van der Waals surface area contributed by atoms with Crippen molar-refractivity contribution in [1.29, 1.82) is 0 Å². The number of carbonyl (C=O) groups is 2. The second-order valence-electron chi connectivity index (χ2n) is 8.59. The lowest BCUT2D eigenvalue weighted by Crippen LogP contribution is -2.48. The van der Waals surface area contributed by atoms with E-state index >= 15 is 0 Å². The summed E-state index contributed by atoms with van der Waals surface area (Å²) in [6, 6.07) is 0.423. The smallest absolute Gasteiger partial charge is 0.223 e. The number of carbonyl (C=O) groups excluding carboxylic acids is 2. The molecule has 6 heteroatoms. The zero-order valence-corrected chi connectivity index (χ0v) is 17.4. The van der Waals surface area contributed by atoms with Gasteiger partial charge in [0.1, 0.15) is 0 Å². The summed E-state index contributed by atoms with van der Waals surface area (Å²) < 4.78 is 0. The summed E-state index contributed by atoms with van der Waals surface area (Å²) in [6.45, 7) is 0. The Labute approximate surface area is 168 Å². The van der Waals surface area contributed by atoms with Gasteiger partial charge in [0.2, 0.25) is 11.8 Å². The maximum atomic E-state index is 12.5. The zero-order chi connectivity index (χ0) is 18.5. The zero-order valence-electron chi connectivity index (χ0n) is 15.7. The van der Waals surface area contributed by atoms with Crippen molar-refractivity contribution >= 4 is 37.1 Å². The standard InChI is InChI=1S/C20H34N2O2S2/c23-19(13-4-8-17(25)9-5-13)21-15-2-1-3-16(12-15)22-20(24)14-6-10-18(26)11-7-14/h13-18,25-26H,1-12H2,(H,21,23)(H,22,24). The van der Waals surface area contributed by atoms with Crippen molar-refractivity contribution in [2.45, 2.75) is 99.6 Å². The van der Waals surface area contributed by atoms with Gasteiger partial charge in [-0.05, 0) is 77.0 Å². The Morgan fingerprint density at radius 2 is 1.00 bits per heavy atom. The molecule has 3 aliphatic rings. The van der Waals surface area contributed by atoms with E-state index in [0.717, 1.165) is 77.0 Å². The molecule has 0 aliphatic heterocycles. The van der Waals surface area contributed by atoms with E-state index in [-0.39, 0.29) is 35.7 Å². The summed E-state index contributed by atoms with van der Waals surface area (Å²) in [4.78, 5) is 25.1. The summed E-state index contributed by atoms with van der Waals surface area (Å²) >= 11 is 9.03. The van der Waals surface area contributed by atoms with Gasteiger partial charge in [-0.3, -0.25) is 9.59 Å². The molecule has 3 fully saturated rings. The molecule has 3 rings (SSSR count). The Kier molecular flexibility index (Phi) is 7.62. The summed E-state index contributed by atoms with van der Waals surface area (Å²) in [5, 5.41) is 7.46. The Bertz CT molecular complexity index is 444. The average Bonchev–Trinajstić information content (AvgIpc) is 2.63. The van der Waals surface area contributed by atoms with E-state index in [1.807, 2.05) is 0 Å². The van der Waals surface area contributed by atoms with E-state index < -0.39 is 0 Å². The minimum Gasteiger partial charge on any atom is -0.353 e. The normalized spacial score (nSPS) is 38.4. The van der Waals surface area contributed by atoms with E-state index in [4.69, 9.17) is 0 Å². The average molecular weight is 399 g/mol. The van der Waals surface area contributed by atoms with E-state index in [0.29, 0.717) is 10.5 Å². The highest BCUT2D eigenvalue weighted by Gasteiger charge is 2.31. The first-order chi connectivity index (χ1) is 12.5. The van der Waals surface area contributed by atoms with Crippen LogP contribution in [-0.2, 0) is 9.59 Å². The first-order valence-corrected chi connectivity index (χ1v) is 11.5. The molecule has 3 saturated carbocycles. The summed E-state index contributed by atoms with van der Waals surface area (Å²) in [7, 11) is 0. The highest BCUT2D eigenvalue weighted by molar-refractivity contribution is 7.81. The molecule has 3 aliphatic carbocycles. The number of nitrogens with one attached hydrogen (secondary N) is 2. The van der Waals surface area contributed by atoms with Crippen LogP contribution in [0.15, 0.2) is 0 Å². The van der Waals surface area contributed by atoms with Gasteiger partial charge < -0.3 is 10.6 Å². The molecular weight excluding hydrogens is 364 g/mol. The molecule has 0 aromatic carbocycles. The molecule has 2 unspecified atom stereocenters. The number of amides is 2. The van der Waals surface area contributed by atoms with Crippen LogP contribution in [0, 0.1) is 11.8 Å². The first kappa shape index (κ1) is 20.4. The van der Waals surface area contributed by atoms with Crippen LogP contribution in [0.4, 0.5) is 0 Å². The van der Waals surface area contributed by atoms with E-state index in [1.54, 1.807) is 0 Å². The Morgan fingerprint density at radius 3 is 1.38 bits per heavy atom. The van der Waals surface area contributed by atoms with Gasteiger partial charge in [0.05, 0.1) is 0 Å². The van der Waals surface area contributed by atoms with Crippen LogP contribution >= 0.6 is 25.3 Å². The van der Waals surface area contributed by atoms with Crippen molar-refractivity contribution < 1.29 is 9.59 Å². The highest BCUT2D eigenvalue weighted by Crippen LogP contribution is 2.29. The SMILES string of the molecule is O=C(NC1CCCC(NC(=O)C2CCC(S)CC2)C1)C1CCC(S)CC1. The van der Waals surface area contributed by atoms with Crippen molar-refractivity contribution in [3.05, 3.63) is 0 Å². The van der Waals surface area contributed by atoms with Gasteiger partial charge in [-0.2, -0.15) is 25.3 Å². The number of hydrogen-bond donors (Lipinski definition) is 4. The fraction of sp³-hybridized carbons (Fsp3) is 0.900. The molecule has 0 aromatic heterocycles. The predicted octanol–water partition coefficient (Wildman–Crippen LogP) is 3.51. The number of thiol groups is 2. The third-order valence-corrected chi connectivity index (χ3v) is 7.53. The first-order valence-electron chi connectivity index (χ1n) is 10.5. The molecule has 4 nitrogen and oxygen atoms in total. The lowest BCUT2D eigenvalue weighted by atomic mass is 9.85.